The fourth-order valence-electron chi connectivity index (χ4n) is 3.71. The van der Waals surface area contributed by atoms with Crippen molar-refractivity contribution in [2.24, 2.45) is 0 Å². The van der Waals surface area contributed by atoms with E-state index >= 15 is 0 Å². The van der Waals surface area contributed by atoms with Crippen LogP contribution in [0.1, 0.15) is 35.2 Å². The van der Waals surface area contributed by atoms with E-state index < -0.39 is 0 Å². The number of halogens is 1. The Morgan fingerprint density at radius 3 is 2.58 bits per heavy atom. The Hall–Kier alpha value is -1.46. The molecule has 1 aromatic rings. The molecule has 2 fully saturated rings. The molecule has 0 saturated carbocycles. The minimum absolute atomic E-state index is 0.0525. The summed E-state index contributed by atoms with van der Waals surface area (Å²) < 4.78 is 13.7. The Balaban J connectivity index is 1.52. The van der Waals surface area contributed by atoms with Gasteiger partial charge in [0.1, 0.15) is 5.82 Å². The summed E-state index contributed by atoms with van der Waals surface area (Å²) >= 11 is 0. The molecule has 1 atom stereocenters. The summed E-state index contributed by atoms with van der Waals surface area (Å²) in [6.07, 6.45) is 3.91. The lowest BCUT2D eigenvalue weighted by molar-refractivity contribution is 0.0564. The number of benzene rings is 1. The molecule has 5 heteroatoms. The van der Waals surface area contributed by atoms with Gasteiger partial charge in [0.2, 0.25) is 0 Å². The second-order valence-corrected chi connectivity index (χ2v) is 7.19. The van der Waals surface area contributed by atoms with Crippen molar-refractivity contribution >= 4 is 5.91 Å². The lowest BCUT2D eigenvalue weighted by Gasteiger charge is -2.40. The first-order chi connectivity index (χ1) is 11.5. The number of piperidine rings is 1. The summed E-state index contributed by atoms with van der Waals surface area (Å²) in [5.74, 6) is -0.358. The summed E-state index contributed by atoms with van der Waals surface area (Å²) in [5, 5.41) is 0. The standard InChI is InChI=1S/C19H28FN3O/c1-15-6-7-16(13-18(15)20)19(24)23-11-9-22(10-12-23)14-17-5-3-4-8-21(17)2/h6-7,13,17H,3-5,8-12,14H2,1-2H3. The molecule has 0 spiro atoms. The largest absolute Gasteiger partial charge is 0.336 e. The quantitative estimate of drug-likeness (QED) is 0.850. The van der Waals surface area contributed by atoms with Gasteiger partial charge in [-0.25, -0.2) is 4.39 Å². The van der Waals surface area contributed by atoms with E-state index in [0.717, 1.165) is 32.7 Å². The molecular formula is C19H28FN3O. The normalized spacial score (nSPS) is 23.5. The van der Waals surface area contributed by atoms with Gasteiger partial charge in [0.15, 0.2) is 0 Å². The highest BCUT2D eigenvalue weighted by Gasteiger charge is 2.26. The van der Waals surface area contributed by atoms with E-state index in [9.17, 15) is 9.18 Å². The van der Waals surface area contributed by atoms with Crippen molar-refractivity contribution in [1.82, 2.24) is 14.7 Å². The van der Waals surface area contributed by atoms with Crippen LogP contribution in [0.2, 0.25) is 0 Å². The number of carbonyl (C=O) groups excluding carboxylic acids is 1. The van der Waals surface area contributed by atoms with E-state index in [-0.39, 0.29) is 11.7 Å². The summed E-state index contributed by atoms with van der Waals surface area (Å²) in [6, 6.07) is 5.41. The van der Waals surface area contributed by atoms with E-state index in [4.69, 9.17) is 0 Å². The van der Waals surface area contributed by atoms with Gasteiger partial charge in [0.25, 0.3) is 5.91 Å². The van der Waals surface area contributed by atoms with Crippen LogP contribution in [-0.2, 0) is 0 Å². The summed E-state index contributed by atoms with van der Waals surface area (Å²) in [6.45, 7) is 7.27. The fourth-order valence-corrected chi connectivity index (χ4v) is 3.71. The second-order valence-electron chi connectivity index (χ2n) is 7.19. The average Bonchev–Trinajstić information content (AvgIpc) is 2.59. The molecule has 3 rings (SSSR count). The number of rotatable bonds is 3. The smallest absolute Gasteiger partial charge is 0.254 e. The Morgan fingerprint density at radius 2 is 1.92 bits per heavy atom. The second kappa shape index (κ2) is 7.62. The highest BCUT2D eigenvalue weighted by Crippen LogP contribution is 2.18. The van der Waals surface area contributed by atoms with Gasteiger partial charge in [0, 0.05) is 44.3 Å². The van der Waals surface area contributed by atoms with E-state index in [1.807, 2.05) is 4.90 Å². The predicted molar refractivity (Wildman–Crippen MR) is 93.7 cm³/mol. The van der Waals surface area contributed by atoms with Crippen LogP contribution < -0.4 is 0 Å². The van der Waals surface area contributed by atoms with E-state index in [1.165, 1.54) is 31.9 Å². The number of aryl methyl sites for hydroxylation is 1. The number of likely N-dealkylation sites (tertiary alicyclic amines) is 1. The molecule has 2 aliphatic heterocycles. The van der Waals surface area contributed by atoms with Crippen molar-refractivity contribution < 1.29 is 9.18 Å². The SMILES string of the molecule is Cc1ccc(C(=O)N2CCN(CC3CCCCN3C)CC2)cc1F. The molecule has 132 valence electrons. The Labute approximate surface area is 144 Å². The van der Waals surface area contributed by atoms with Crippen molar-refractivity contribution in [2.45, 2.75) is 32.2 Å². The molecule has 0 bridgehead atoms. The third-order valence-corrected chi connectivity index (χ3v) is 5.47. The van der Waals surface area contributed by atoms with Crippen LogP contribution in [0.4, 0.5) is 4.39 Å². The van der Waals surface area contributed by atoms with Gasteiger partial charge in [-0.3, -0.25) is 9.69 Å². The molecule has 0 radical (unpaired) electrons. The van der Waals surface area contributed by atoms with Gasteiger partial charge in [-0.1, -0.05) is 12.5 Å². The highest BCUT2D eigenvalue weighted by molar-refractivity contribution is 5.94. The topological polar surface area (TPSA) is 26.8 Å². The molecule has 0 N–H and O–H groups in total. The monoisotopic (exact) mass is 333 g/mol. The van der Waals surface area contributed by atoms with Gasteiger partial charge in [0.05, 0.1) is 0 Å². The Bertz CT molecular complexity index is 584. The first-order valence-corrected chi connectivity index (χ1v) is 9.02. The number of amides is 1. The Kier molecular flexibility index (Phi) is 5.51. The molecule has 2 heterocycles. The maximum atomic E-state index is 13.7. The van der Waals surface area contributed by atoms with Crippen LogP contribution in [0.3, 0.4) is 0 Å². The molecule has 0 aromatic heterocycles. The van der Waals surface area contributed by atoms with Gasteiger partial charge in [-0.05, 0) is 51.1 Å². The highest BCUT2D eigenvalue weighted by atomic mass is 19.1. The van der Waals surface area contributed by atoms with Gasteiger partial charge < -0.3 is 9.80 Å². The maximum absolute atomic E-state index is 13.7. The predicted octanol–water partition coefficient (Wildman–Crippen LogP) is 2.38. The molecule has 4 nitrogen and oxygen atoms in total. The number of carbonyl (C=O) groups is 1. The van der Waals surface area contributed by atoms with E-state index in [2.05, 4.69) is 16.8 Å². The van der Waals surface area contributed by atoms with Gasteiger partial charge in [-0.15, -0.1) is 0 Å². The maximum Gasteiger partial charge on any atom is 0.254 e. The van der Waals surface area contributed by atoms with Crippen molar-refractivity contribution in [3.63, 3.8) is 0 Å². The summed E-state index contributed by atoms with van der Waals surface area (Å²) in [7, 11) is 2.22. The number of hydrogen-bond acceptors (Lipinski definition) is 3. The molecule has 0 aliphatic carbocycles. The van der Waals surface area contributed by atoms with E-state index in [1.54, 1.807) is 19.1 Å². The van der Waals surface area contributed by atoms with Crippen LogP contribution >= 0.6 is 0 Å². The van der Waals surface area contributed by atoms with Crippen LogP contribution in [0.25, 0.3) is 0 Å². The van der Waals surface area contributed by atoms with Gasteiger partial charge >= 0.3 is 0 Å². The molecule has 1 amide bonds. The third kappa shape index (κ3) is 3.95. The van der Waals surface area contributed by atoms with Crippen molar-refractivity contribution in [3.05, 3.63) is 35.1 Å². The zero-order valence-electron chi connectivity index (χ0n) is 14.8. The zero-order chi connectivity index (χ0) is 17.1. The molecule has 24 heavy (non-hydrogen) atoms. The molecule has 2 aliphatic rings. The minimum Gasteiger partial charge on any atom is -0.336 e. The van der Waals surface area contributed by atoms with E-state index in [0.29, 0.717) is 17.2 Å². The van der Waals surface area contributed by atoms with Crippen LogP contribution in [0.5, 0.6) is 0 Å². The van der Waals surface area contributed by atoms with Crippen LogP contribution in [-0.4, -0.2) is 73.0 Å². The number of piperazine rings is 1. The van der Waals surface area contributed by atoms with Crippen molar-refractivity contribution in [2.75, 3.05) is 46.3 Å². The third-order valence-electron chi connectivity index (χ3n) is 5.47. The first kappa shape index (κ1) is 17.4. The number of hydrogen-bond donors (Lipinski definition) is 0. The lowest BCUT2D eigenvalue weighted by atomic mass is 10.0. The van der Waals surface area contributed by atoms with Crippen LogP contribution in [0.15, 0.2) is 18.2 Å². The molecule has 2 saturated heterocycles. The molecule has 1 aromatic carbocycles. The number of likely N-dealkylation sites (N-methyl/N-ethyl adjacent to an activating group) is 1. The first-order valence-electron chi connectivity index (χ1n) is 9.02. The fraction of sp³-hybridized carbons (Fsp3) is 0.632. The van der Waals surface area contributed by atoms with Crippen molar-refractivity contribution in [3.8, 4) is 0 Å². The Morgan fingerprint density at radius 1 is 1.17 bits per heavy atom. The average molecular weight is 333 g/mol. The summed E-state index contributed by atoms with van der Waals surface area (Å²) in [4.78, 5) is 19.3. The van der Waals surface area contributed by atoms with Gasteiger partial charge in [-0.2, -0.15) is 0 Å². The van der Waals surface area contributed by atoms with Crippen molar-refractivity contribution in [1.29, 1.82) is 0 Å². The van der Waals surface area contributed by atoms with Crippen LogP contribution in [0, 0.1) is 12.7 Å². The minimum atomic E-state index is -0.306. The molecular weight excluding hydrogens is 305 g/mol. The zero-order valence-corrected chi connectivity index (χ0v) is 14.8. The number of nitrogens with zero attached hydrogens (tertiary/aromatic N) is 3. The molecule has 1 unspecified atom stereocenters. The summed E-state index contributed by atoms with van der Waals surface area (Å²) in [5.41, 5.74) is 1.03. The lowest BCUT2D eigenvalue weighted by Crippen LogP contribution is -2.53.